The van der Waals surface area contributed by atoms with Crippen molar-refractivity contribution in [2.75, 3.05) is 13.2 Å². The second kappa shape index (κ2) is 8.27. The summed E-state index contributed by atoms with van der Waals surface area (Å²) in [6.07, 6.45) is 2.63. The smallest absolute Gasteiger partial charge is 0.243 e. The molecule has 2 heterocycles. The molecule has 2 fully saturated rings. The maximum atomic E-state index is 13.4. The summed E-state index contributed by atoms with van der Waals surface area (Å²) in [6.45, 7) is 11.6. The lowest BCUT2D eigenvalue weighted by Crippen LogP contribution is -2.76. The minimum absolute atomic E-state index is 0. The molecule has 1 aliphatic heterocycles. The molecule has 0 bridgehead atoms. The monoisotopic (exact) mass is 420 g/mol. The highest BCUT2D eigenvalue weighted by Gasteiger charge is 2.64. The van der Waals surface area contributed by atoms with Crippen LogP contribution in [-0.2, 0) is 16.6 Å². The first-order chi connectivity index (χ1) is 11.6. The van der Waals surface area contributed by atoms with Crippen LogP contribution in [-0.4, -0.2) is 45.4 Å². The largest absolute Gasteiger partial charge is 0.378 e. The molecule has 6 nitrogen and oxygen atoms in total. The summed E-state index contributed by atoms with van der Waals surface area (Å²) in [5.74, 6) is 0.0682. The van der Waals surface area contributed by atoms with E-state index in [0.717, 1.165) is 30.8 Å². The molecule has 3 unspecified atom stereocenters. The Morgan fingerprint density at radius 3 is 2.44 bits per heavy atom. The van der Waals surface area contributed by atoms with Crippen LogP contribution in [0.5, 0.6) is 0 Å². The fraction of sp³-hybridized carbons (Fsp3) is 0.789. The zero-order valence-electron chi connectivity index (χ0n) is 17.2. The van der Waals surface area contributed by atoms with E-state index in [1.165, 1.54) is 5.56 Å². The Bertz CT molecular complexity index is 691. The zero-order valence-corrected chi connectivity index (χ0v) is 18.9. The minimum Gasteiger partial charge on any atom is -0.378 e. The molecule has 2 N–H and O–H groups in total. The lowest BCUT2D eigenvalue weighted by atomic mass is 9.54. The molecule has 2 aliphatic rings. The fourth-order valence-corrected chi connectivity index (χ4v) is 4.64. The second-order valence-corrected chi connectivity index (χ2v) is 8.21. The Hall–Kier alpha value is -0.820. The Morgan fingerprint density at radius 1 is 1.33 bits per heavy atom. The maximum absolute atomic E-state index is 13.4. The van der Waals surface area contributed by atoms with Gasteiger partial charge in [0, 0.05) is 43.3 Å². The van der Waals surface area contributed by atoms with Crippen molar-refractivity contribution in [3.63, 3.8) is 0 Å². The quantitative estimate of drug-likeness (QED) is 0.811. The number of nitrogens with zero attached hydrogens (tertiary/aromatic N) is 3. The van der Waals surface area contributed by atoms with Crippen LogP contribution in [0.3, 0.4) is 0 Å². The molecule has 3 rings (SSSR count). The Balaban J connectivity index is 0.00000182. The molecular formula is C19H34Cl2N4O2. The summed E-state index contributed by atoms with van der Waals surface area (Å²) in [7, 11) is 1.96. The third-order valence-corrected chi connectivity index (χ3v) is 6.62. The van der Waals surface area contributed by atoms with Crippen molar-refractivity contribution in [3.05, 3.63) is 17.0 Å². The lowest BCUT2D eigenvalue weighted by molar-refractivity contribution is -0.180. The minimum atomic E-state index is -0.848. The summed E-state index contributed by atoms with van der Waals surface area (Å²) in [5.41, 5.74) is 8.78. The van der Waals surface area contributed by atoms with Gasteiger partial charge in [-0.05, 0) is 33.6 Å². The number of carbonyl (C=O) groups is 1. The van der Waals surface area contributed by atoms with Crippen LogP contribution in [0.25, 0.3) is 0 Å². The molecule has 156 valence electrons. The van der Waals surface area contributed by atoms with Gasteiger partial charge < -0.3 is 15.4 Å². The zero-order chi connectivity index (χ0) is 18.6. The number of aryl methyl sites for hydroxylation is 2. The van der Waals surface area contributed by atoms with E-state index in [1.54, 1.807) is 0 Å². The van der Waals surface area contributed by atoms with Crippen molar-refractivity contribution < 1.29 is 9.53 Å². The predicted molar refractivity (Wildman–Crippen MR) is 112 cm³/mol. The van der Waals surface area contributed by atoms with Crippen molar-refractivity contribution in [2.45, 2.75) is 71.6 Å². The first-order valence-electron chi connectivity index (χ1n) is 9.36. The van der Waals surface area contributed by atoms with E-state index in [4.69, 9.17) is 10.5 Å². The topological polar surface area (TPSA) is 73.4 Å². The first-order valence-corrected chi connectivity index (χ1v) is 9.36. The number of hydrogen-bond donors (Lipinski definition) is 1. The third kappa shape index (κ3) is 3.50. The molecule has 0 spiro atoms. The fourth-order valence-electron chi connectivity index (χ4n) is 4.64. The molecule has 1 saturated carbocycles. The standard InChI is InChI=1S/C19H32N4O2.2ClH/c1-7-25-15-11-19(20,18(15,4)5)17(24)23-10-8-9-14(23)16-12(2)21-22(6)13(16)3;;/h14-15H,7-11,20H2,1-6H3;2*1H. The van der Waals surface area contributed by atoms with Gasteiger partial charge in [-0.25, -0.2) is 0 Å². The lowest BCUT2D eigenvalue weighted by Gasteiger charge is -2.58. The van der Waals surface area contributed by atoms with E-state index in [9.17, 15) is 4.79 Å². The molecule has 3 atom stereocenters. The van der Waals surface area contributed by atoms with Gasteiger partial charge in [0.25, 0.3) is 0 Å². The highest BCUT2D eigenvalue weighted by atomic mass is 35.5. The number of halogens is 2. The molecule has 1 aliphatic carbocycles. The van der Waals surface area contributed by atoms with E-state index in [0.29, 0.717) is 13.0 Å². The number of rotatable bonds is 4. The molecular weight excluding hydrogens is 387 g/mol. The van der Waals surface area contributed by atoms with Crippen molar-refractivity contribution >= 4 is 30.7 Å². The number of ether oxygens (including phenoxy) is 1. The van der Waals surface area contributed by atoms with E-state index in [-0.39, 0.29) is 48.3 Å². The van der Waals surface area contributed by atoms with Gasteiger partial charge in [-0.3, -0.25) is 9.48 Å². The number of likely N-dealkylation sites (tertiary alicyclic amines) is 1. The average Bonchev–Trinajstić information content (AvgIpc) is 3.11. The molecule has 1 aromatic rings. The van der Waals surface area contributed by atoms with Crippen molar-refractivity contribution in [2.24, 2.45) is 18.2 Å². The van der Waals surface area contributed by atoms with Crippen LogP contribution in [0.15, 0.2) is 0 Å². The summed E-state index contributed by atoms with van der Waals surface area (Å²) in [4.78, 5) is 15.4. The van der Waals surface area contributed by atoms with E-state index < -0.39 is 5.54 Å². The van der Waals surface area contributed by atoms with Gasteiger partial charge >= 0.3 is 0 Å². The first kappa shape index (κ1) is 24.2. The van der Waals surface area contributed by atoms with Gasteiger partial charge in [0.05, 0.1) is 17.8 Å². The molecule has 1 saturated heterocycles. The summed E-state index contributed by atoms with van der Waals surface area (Å²) in [6, 6.07) is 0.0866. The Labute approximate surface area is 175 Å². The van der Waals surface area contributed by atoms with Gasteiger partial charge in [-0.2, -0.15) is 5.10 Å². The van der Waals surface area contributed by atoms with Crippen LogP contribution in [0, 0.1) is 19.3 Å². The van der Waals surface area contributed by atoms with Crippen LogP contribution in [0.2, 0.25) is 0 Å². The molecule has 27 heavy (non-hydrogen) atoms. The normalized spacial score (nSPS) is 28.9. The molecule has 8 heteroatoms. The van der Waals surface area contributed by atoms with Gasteiger partial charge in [0.15, 0.2) is 0 Å². The van der Waals surface area contributed by atoms with E-state index in [1.807, 2.05) is 30.5 Å². The number of amides is 1. The number of aromatic nitrogens is 2. The van der Waals surface area contributed by atoms with Crippen LogP contribution >= 0.6 is 24.8 Å². The predicted octanol–water partition coefficient (Wildman–Crippen LogP) is 3.08. The molecule has 1 amide bonds. The van der Waals surface area contributed by atoms with Gasteiger partial charge in [0.2, 0.25) is 5.91 Å². The summed E-state index contributed by atoms with van der Waals surface area (Å²) < 4.78 is 7.70. The third-order valence-electron chi connectivity index (χ3n) is 6.62. The second-order valence-electron chi connectivity index (χ2n) is 8.21. The van der Waals surface area contributed by atoms with Gasteiger partial charge in [0.1, 0.15) is 5.54 Å². The summed E-state index contributed by atoms with van der Waals surface area (Å²) in [5, 5.41) is 4.54. The summed E-state index contributed by atoms with van der Waals surface area (Å²) >= 11 is 0. The van der Waals surface area contributed by atoms with Crippen LogP contribution < -0.4 is 5.73 Å². The van der Waals surface area contributed by atoms with Gasteiger partial charge in [-0.1, -0.05) is 13.8 Å². The van der Waals surface area contributed by atoms with Gasteiger partial charge in [-0.15, -0.1) is 24.8 Å². The van der Waals surface area contributed by atoms with Crippen molar-refractivity contribution in [3.8, 4) is 0 Å². The van der Waals surface area contributed by atoms with Crippen LogP contribution in [0.1, 0.15) is 63.0 Å². The average molecular weight is 421 g/mol. The number of nitrogens with two attached hydrogens (primary N) is 1. The molecule has 1 aromatic heterocycles. The highest BCUT2D eigenvalue weighted by molar-refractivity contribution is 5.89. The van der Waals surface area contributed by atoms with Crippen LogP contribution in [0.4, 0.5) is 0 Å². The maximum Gasteiger partial charge on any atom is 0.243 e. The number of carbonyl (C=O) groups excluding carboxylic acids is 1. The Kier molecular flexibility index (Phi) is 7.42. The van der Waals surface area contributed by atoms with Crippen molar-refractivity contribution in [1.29, 1.82) is 0 Å². The number of hydrogen-bond acceptors (Lipinski definition) is 4. The Morgan fingerprint density at radius 2 is 1.96 bits per heavy atom. The van der Waals surface area contributed by atoms with E-state index in [2.05, 4.69) is 25.9 Å². The van der Waals surface area contributed by atoms with E-state index >= 15 is 0 Å². The SMILES string of the molecule is CCOC1CC(N)(C(=O)N2CCCC2c2c(C)nn(C)c2C)C1(C)C.Cl.Cl. The van der Waals surface area contributed by atoms with Crippen molar-refractivity contribution in [1.82, 2.24) is 14.7 Å². The molecule has 0 radical (unpaired) electrons. The highest BCUT2D eigenvalue weighted by Crippen LogP contribution is 2.52. The molecule has 0 aromatic carbocycles.